The summed E-state index contributed by atoms with van der Waals surface area (Å²) in [6.07, 6.45) is 2.68. The standard InChI is InChI=1S/C23H20FN5O4/c1-14-11-16(5-8-18(14)24)27-19(30)13-28-21-20(25-9-10-26-21)22(31)29(23(28)32)12-15-3-6-17(33-2)7-4-15/h3-11H,12-13H2,1-2H3,(H,27,30). The molecule has 0 atom stereocenters. The van der Waals surface area contributed by atoms with Gasteiger partial charge in [0.05, 0.1) is 13.7 Å². The van der Waals surface area contributed by atoms with Gasteiger partial charge in [0, 0.05) is 18.1 Å². The van der Waals surface area contributed by atoms with Crippen molar-refractivity contribution in [3.8, 4) is 5.75 Å². The van der Waals surface area contributed by atoms with Crippen molar-refractivity contribution in [1.82, 2.24) is 19.1 Å². The van der Waals surface area contributed by atoms with Gasteiger partial charge in [-0.15, -0.1) is 0 Å². The SMILES string of the molecule is COc1ccc(Cn2c(=O)c3nccnc3n(CC(=O)Nc3ccc(F)c(C)c3)c2=O)cc1. The minimum Gasteiger partial charge on any atom is -0.497 e. The molecule has 168 valence electrons. The Balaban J connectivity index is 1.72. The van der Waals surface area contributed by atoms with E-state index in [2.05, 4.69) is 15.3 Å². The number of rotatable bonds is 6. The summed E-state index contributed by atoms with van der Waals surface area (Å²) >= 11 is 0. The van der Waals surface area contributed by atoms with Crippen LogP contribution < -0.4 is 21.3 Å². The number of halogens is 1. The van der Waals surface area contributed by atoms with Crippen molar-refractivity contribution in [2.45, 2.75) is 20.0 Å². The molecule has 10 heteroatoms. The van der Waals surface area contributed by atoms with Crippen LogP contribution in [-0.2, 0) is 17.9 Å². The zero-order chi connectivity index (χ0) is 23.5. The highest BCUT2D eigenvalue weighted by Crippen LogP contribution is 2.14. The molecule has 9 nitrogen and oxygen atoms in total. The van der Waals surface area contributed by atoms with Crippen LogP contribution in [0.2, 0.25) is 0 Å². The van der Waals surface area contributed by atoms with E-state index in [0.717, 1.165) is 9.13 Å². The first-order valence-corrected chi connectivity index (χ1v) is 10.0. The first-order chi connectivity index (χ1) is 15.9. The fourth-order valence-corrected chi connectivity index (χ4v) is 3.39. The van der Waals surface area contributed by atoms with Crippen LogP contribution in [0.5, 0.6) is 5.75 Å². The van der Waals surface area contributed by atoms with Crippen LogP contribution in [0.3, 0.4) is 0 Å². The highest BCUT2D eigenvalue weighted by molar-refractivity contribution is 5.91. The largest absolute Gasteiger partial charge is 0.497 e. The van der Waals surface area contributed by atoms with Crippen LogP contribution in [0.25, 0.3) is 11.2 Å². The molecular formula is C23H20FN5O4. The number of carbonyl (C=O) groups excluding carboxylic acids is 1. The zero-order valence-electron chi connectivity index (χ0n) is 17.9. The molecule has 33 heavy (non-hydrogen) atoms. The molecule has 1 N–H and O–H groups in total. The summed E-state index contributed by atoms with van der Waals surface area (Å²) in [6.45, 7) is 1.15. The van der Waals surface area contributed by atoms with Gasteiger partial charge in [-0.1, -0.05) is 12.1 Å². The summed E-state index contributed by atoms with van der Waals surface area (Å²) in [5, 5.41) is 2.63. The second-order valence-electron chi connectivity index (χ2n) is 7.35. The maximum absolute atomic E-state index is 13.5. The van der Waals surface area contributed by atoms with Gasteiger partial charge in [0.25, 0.3) is 5.56 Å². The molecule has 0 saturated carbocycles. The lowest BCUT2D eigenvalue weighted by Gasteiger charge is -2.13. The van der Waals surface area contributed by atoms with Crippen LogP contribution in [0.1, 0.15) is 11.1 Å². The summed E-state index contributed by atoms with van der Waals surface area (Å²) in [7, 11) is 1.54. The van der Waals surface area contributed by atoms with Gasteiger partial charge in [0.1, 0.15) is 18.1 Å². The molecule has 2 heterocycles. The molecule has 0 aliphatic carbocycles. The van der Waals surface area contributed by atoms with Crippen molar-refractivity contribution in [3.05, 3.63) is 92.6 Å². The quantitative estimate of drug-likeness (QED) is 0.483. The number of carbonyl (C=O) groups is 1. The maximum Gasteiger partial charge on any atom is 0.333 e. The summed E-state index contributed by atoms with van der Waals surface area (Å²) < 4.78 is 20.7. The van der Waals surface area contributed by atoms with Crippen molar-refractivity contribution >= 4 is 22.8 Å². The van der Waals surface area contributed by atoms with Crippen molar-refractivity contribution in [1.29, 1.82) is 0 Å². The highest BCUT2D eigenvalue weighted by atomic mass is 19.1. The second-order valence-corrected chi connectivity index (χ2v) is 7.35. The number of aromatic nitrogens is 4. The molecule has 0 unspecified atom stereocenters. The number of methoxy groups -OCH3 is 1. The smallest absolute Gasteiger partial charge is 0.333 e. The van der Waals surface area contributed by atoms with Gasteiger partial charge in [-0.25, -0.2) is 19.2 Å². The van der Waals surface area contributed by atoms with E-state index in [4.69, 9.17) is 4.74 Å². The Bertz CT molecular complexity index is 1460. The monoisotopic (exact) mass is 449 g/mol. The van der Waals surface area contributed by atoms with Crippen molar-refractivity contribution in [2.24, 2.45) is 0 Å². The van der Waals surface area contributed by atoms with Gasteiger partial charge >= 0.3 is 5.69 Å². The van der Waals surface area contributed by atoms with Crippen molar-refractivity contribution in [2.75, 3.05) is 12.4 Å². The number of aryl methyl sites for hydroxylation is 1. The van der Waals surface area contributed by atoms with Crippen LogP contribution in [0.15, 0.2) is 64.4 Å². The normalized spacial score (nSPS) is 10.9. The van der Waals surface area contributed by atoms with Crippen LogP contribution in [0.4, 0.5) is 10.1 Å². The molecule has 0 spiro atoms. The Morgan fingerprint density at radius 3 is 2.48 bits per heavy atom. The molecule has 4 aromatic rings. The third-order valence-electron chi connectivity index (χ3n) is 5.09. The first kappa shape index (κ1) is 21.9. The highest BCUT2D eigenvalue weighted by Gasteiger charge is 2.18. The van der Waals surface area contributed by atoms with Crippen LogP contribution in [-0.4, -0.2) is 32.1 Å². The van der Waals surface area contributed by atoms with E-state index >= 15 is 0 Å². The lowest BCUT2D eigenvalue weighted by atomic mass is 10.2. The Morgan fingerprint density at radius 1 is 1.06 bits per heavy atom. The fourth-order valence-electron chi connectivity index (χ4n) is 3.39. The lowest BCUT2D eigenvalue weighted by Crippen LogP contribution is -2.42. The topological polar surface area (TPSA) is 108 Å². The second kappa shape index (κ2) is 9.03. The van der Waals surface area contributed by atoms with Crippen molar-refractivity contribution < 1.29 is 13.9 Å². The molecular weight excluding hydrogens is 429 g/mol. The predicted molar refractivity (Wildman–Crippen MR) is 120 cm³/mol. The van der Waals surface area contributed by atoms with Crippen LogP contribution >= 0.6 is 0 Å². The van der Waals surface area contributed by atoms with Gasteiger partial charge in [-0.3, -0.25) is 18.7 Å². The summed E-state index contributed by atoms with van der Waals surface area (Å²) in [6, 6.07) is 11.1. The van der Waals surface area contributed by atoms with E-state index in [1.807, 2.05) is 0 Å². The lowest BCUT2D eigenvalue weighted by molar-refractivity contribution is -0.116. The number of hydrogen-bond donors (Lipinski definition) is 1. The zero-order valence-corrected chi connectivity index (χ0v) is 17.9. The average Bonchev–Trinajstić information content (AvgIpc) is 2.82. The predicted octanol–water partition coefficient (Wildman–Crippen LogP) is 2.10. The number of benzene rings is 2. The molecule has 4 rings (SSSR count). The molecule has 0 radical (unpaired) electrons. The number of nitrogens with one attached hydrogen (secondary N) is 1. The molecule has 0 aliphatic rings. The number of amides is 1. The van der Waals surface area contributed by atoms with E-state index in [9.17, 15) is 18.8 Å². The molecule has 0 aliphatic heterocycles. The number of hydrogen-bond acceptors (Lipinski definition) is 6. The number of ether oxygens (including phenoxy) is 1. The van der Waals surface area contributed by atoms with Crippen LogP contribution in [0, 0.1) is 12.7 Å². The molecule has 2 aromatic heterocycles. The fraction of sp³-hybridized carbons (Fsp3) is 0.174. The number of anilines is 1. The Kier molecular flexibility index (Phi) is 5.99. The molecule has 1 amide bonds. The Labute approximate surface area is 187 Å². The van der Waals surface area contributed by atoms with Gasteiger partial charge in [0.15, 0.2) is 11.2 Å². The third kappa shape index (κ3) is 4.49. The van der Waals surface area contributed by atoms with Gasteiger partial charge in [-0.2, -0.15) is 0 Å². The summed E-state index contributed by atoms with van der Waals surface area (Å²) in [5.41, 5.74) is 0.109. The molecule has 0 fully saturated rings. The number of fused-ring (bicyclic) bond motifs is 1. The third-order valence-corrected chi connectivity index (χ3v) is 5.09. The average molecular weight is 449 g/mol. The molecule has 2 aromatic carbocycles. The van der Waals surface area contributed by atoms with Gasteiger partial charge in [0.2, 0.25) is 5.91 Å². The molecule has 0 saturated heterocycles. The van der Waals surface area contributed by atoms with Gasteiger partial charge < -0.3 is 10.1 Å². The summed E-state index contributed by atoms with van der Waals surface area (Å²) in [5.74, 6) is -0.290. The summed E-state index contributed by atoms with van der Waals surface area (Å²) in [4.78, 5) is 47.0. The Morgan fingerprint density at radius 2 is 1.79 bits per heavy atom. The van der Waals surface area contributed by atoms with Gasteiger partial charge in [-0.05, 0) is 48.4 Å². The van der Waals surface area contributed by atoms with E-state index in [1.165, 1.54) is 30.6 Å². The Hall–Kier alpha value is -4.34. The first-order valence-electron chi connectivity index (χ1n) is 10.0. The maximum atomic E-state index is 13.5. The van der Waals surface area contributed by atoms with E-state index in [1.54, 1.807) is 38.3 Å². The van der Waals surface area contributed by atoms with Crippen molar-refractivity contribution in [3.63, 3.8) is 0 Å². The minimum absolute atomic E-state index is 0.00363. The van der Waals surface area contributed by atoms with E-state index < -0.39 is 29.5 Å². The molecule has 0 bridgehead atoms. The number of nitrogens with zero attached hydrogens (tertiary/aromatic N) is 4. The minimum atomic E-state index is -0.700. The van der Waals surface area contributed by atoms with E-state index in [-0.39, 0.29) is 17.7 Å². The van der Waals surface area contributed by atoms with E-state index in [0.29, 0.717) is 22.6 Å².